The number of morpholine rings is 1. The fourth-order valence-electron chi connectivity index (χ4n) is 1.50. The van der Waals surface area contributed by atoms with Crippen LogP contribution in [0.5, 0.6) is 0 Å². The van der Waals surface area contributed by atoms with E-state index in [0.29, 0.717) is 32.1 Å². The third-order valence-electron chi connectivity index (χ3n) is 2.23. The van der Waals surface area contributed by atoms with E-state index < -0.39 is 10.9 Å². The normalized spacial score (nSPS) is 18.1. The number of nitrogens with one attached hydrogen (secondary N) is 1. The Hall–Kier alpha value is -0.520. The van der Waals surface area contributed by atoms with Gasteiger partial charge in [-0.1, -0.05) is 23.2 Å². The standard InChI is InChI=1S/C11H19Cl2N3O2/c1-11(2,3)15-10(17)14-9(8(12)13)16-4-6-18-7-5-16/h8H,4-7H2,1-3H3,(H,15,17)/b14-9+. The van der Waals surface area contributed by atoms with Gasteiger partial charge in [0.2, 0.25) is 0 Å². The van der Waals surface area contributed by atoms with Crippen LogP contribution in [0.3, 0.4) is 0 Å². The van der Waals surface area contributed by atoms with E-state index in [0.717, 1.165) is 0 Å². The molecule has 104 valence electrons. The number of hydrogen-bond acceptors (Lipinski definition) is 2. The zero-order valence-electron chi connectivity index (χ0n) is 10.9. The maximum absolute atomic E-state index is 11.7. The minimum atomic E-state index is -0.825. The molecule has 0 bridgehead atoms. The monoisotopic (exact) mass is 295 g/mol. The Kier molecular flexibility index (Phi) is 5.69. The highest BCUT2D eigenvalue weighted by molar-refractivity contribution is 6.54. The second-order valence-electron chi connectivity index (χ2n) is 5.05. The first kappa shape index (κ1) is 15.5. The Morgan fingerprint density at radius 3 is 2.33 bits per heavy atom. The number of halogens is 2. The average molecular weight is 296 g/mol. The van der Waals surface area contributed by atoms with Crippen LogP contribution in [0.4, 0.5) is 4.79 Å². The van der Waals surface area contributed by atoms with E-state index in [1.54, 1.807) is 0 Å². The van der Waals surface area contributed by atoms with Gasteiger partial charge in [0.05, 0.1) is 13.2 Å². The topological polar surface area (TPSA) is 53.9 Å². The first-order valence-corrected chi connectivity index (χ1v) is 6.68. The molecule has 0 radical (unpaired) electrons. The molecule has 1 N–H and O–H groups in total. The summed E-state index contributed by atoms with van der Waals surface area (Å²) in [6, 6.07) is -0.435. The van der Waals surface area contributed by atoms with E-state index in [2.05, 4.69) is 10.3 Å². The first-order valence-electron chi connectivity index (χ1n) is 5.81. The summed E-state index contributed by atoms with van der Waals surface area (Å²) in [6.45, 7) is 8.09. The molecule has 0 unspecified atom stereocenters. The number of rotatable bonds is 1. The fourth-order valence-corrected chi connectivity index (χ4v) is 1.88. The quantitative estimate of drug-likeness (QED) is 0.457. The van der Waals surface area contributed by atoms with E-state index in [1.807, 2.05) is 25.7 Å². The molecule has 1 saturated heterocycles. The largest absolute Gasteiger partial charge is 0.378 e. The fraction of sp³-hybridized carbons (Fsp3) is 0.818. The molecule has 1 fully saturated rings. The second kappa shape index (κ2) is 6.59. The van der Waals surface area contributed by atoms with Crippen LogP contribution in [0.1, 0.15) is 20.8 Å². The Bertz CT molecular complexity index is 321. The summed E-state index contributed by atoms with van der Waals surface area (Å²) in [7, 11) is 0. The molecule has 1 aliphatic rings. The maximum Gasteiger partial charge on any atom is 0.343 e. The predicted molar refractivity (Wildman–Crippen MR) is 73.6 cm³/mol. The summed E-state index contributed by atoms with van der Waals surface area (Å²) < 4.78 is 5.23. The molecule has 1 heterocycles. The highest BCUT2D eigenvalue weighted by atomic mass is 35.5. The molecule has 0 aromatic carbocycles. The van der Waals surface area contributed by atoms with Crippen LogP contribution in [0, 0.1) is 0 Å². The van der Waals surface area contributed by atoms with Crippen molar-refractivity contribution in [3.05, 3.63) is 0 Å². The van der Waals surface area contributed by atoms with Crippen LogP contribution < -0.4 is 5.32 Å². The van der Waals surface area contributed by atoms with Crippen molar-refractivity contribution >= 4 is 35.1 Å². The number of urea groups is 1. The third kappa shape index (κ3) is 5.42. The summed E-state index contributed by atoms with van der Waals surface area (Å²) in [4.78, 5) is 16.7. The number of hydrogen-bond donors (Lipinski definition) is 1. The van der Waals surface area contributed by atoms with Crippen LogP contribution in [0.25, 0.3) is 0 Å². The average Bonchev–Trinajstić information content (AvgIpc) is 2.24. The van der Waals surface area contributed by atoms with Gasteiger partial charge in [0, 0.05) is 18.6 Å². The van der Waals surface area contributed by atoms with Gasteiger partial charge in [0.1, 0.15) is 5.84 Å². The highest BCUT2D eigenvalue weighted by Crippen LogP contribution is 2.12. The number of carbonyl (C=O) groups excluding carboxylic acids is 1. The zero-order valence-corrected chi connectivity index (χ0v) is 12.4. The van der Waals surface area contributed by atoms with E-state index in [9.17, 15) is 4.79 Å². The Balaban J connectivity index is 2.74. The molecule has 2 amide bonds. The van der Waals surface area contributed by atoms with Gasteiger partial charge in [-0.3, -0.25) is 0 Å². The molecule has 1 aliphatic heterocycles. The highest BCUT2D eigenvalue weighted by Gasteiger charge is 2.22. The van der Waals surface area contributed by atoms with Crippen molar-refractivity contribution in [2.75, 3.05) is 26.3 Å². The van der Waals surface area contributed by atoms with Gasteiger partial charge in [-0.2, -0.15) is 4.99 Å². The summed E-state index contributed by atoms with van der Waals surface area (Å²) in [5, 5.41) is 2.74. The summed E-state index contributed by atoms with van der Waals surface area (Å²) in [5.41, 5.74) is -0.342. The van der Waals surface area contributed by atoms with Gasteiger partial charge in [0.15, 0.2) is 4.84 Å². The van der Waals surface area contributed by atoms with Crippen molar-refractivity contribution in [2.24, 2.45) is 4.99 Å². The van der Waals surface area contributed by atoms with Gasteiger partial charge < -0.3 is 15.0 Å². The SMILES string of the molecule is CC(C)(C)NC(=O)/N=C(\C(Cl)Cl)N1CCOCC1. The summed E-state index contributed by atoms with van der Waals surface area (Å²) in [6.07, 6.45) is 0. The molecule has 0 aromatic rings. The van der Waals surface area contributed by atoms with Gasteiger partial charge in [0.25, 0.3) is 0 Å². The van der Waals surface area contributed by atoms with Crippen molar-refractivity contribution in [1.29, 1.82) is 0 Å². The van der Waals surface area contributed by atoms with Gasteiger partial charge in [-0.25, -0.2) is 4.79 Å². The molecule has 0 aliphatic carbocycles. The lowest BCUT2D eigenvalue weighted by Gasteiger charge is -2.30. The lowest BCUT2D eigenvalue weighted by atomic mass is 10.1. The smallest absolute Gasteiger partial charge is 0.343 e. The molecule has 18 heavy (non-hydrogen) atoms. The number of nitrogens with zero attached hydrogens (tertiary/aromatic N) is 2. The number of alkyl halides is 2. The van der Waals surface area contributed by atoms with Gasteiger partial charge >= 0.3 is 6.03 Å². The Labute approximate surface area is 117 Å². The second-order valence-corrected chi connectivity index (χ2v) is 6.15. The Morgan fingerprint density at radius 1 is 1.33 bits per heavy atom. The van der Waals surface area contributed by atoms with Gasteiger partial charge in [-0.15, -0.1) is 0 Å². The van der Waals surface area contributed by atoms with Crippen LogP contribution in [-0.2, 0) is 4.74 Å². The Morgan fingerprint density at radius 2 is 1.89 bits per heavy atom. The van der Waals surface area contributed by atoms with E-state index in [4.69, 9.17) is 27.9 Å². The lowest BCUT2D eigenvalue weighted by molar-refractivity contribution is 0.0676. The summed E-state index contributed by atoms with van der Waals surface area (Å²) >= 11 is 11.7. The number of aliphatic imine (C=N–C) groups is 1. The lowest BCUT2D eigenvalue weighted by Crippen LogP contribution is -2.45. The first-order chi connectivity index (χ1) is 8.29. The van der Waals surface area contributed by atoms with Crippen molar-refractivity contribution in [1.82, 2.24) is 10.2 Å². The maximum atomic E-state index is 11.7. The third-order valence-corrected chi connectivity index (χ3v) is 2.62. The number of amides is 2. The molecule has 1 rings (SSSR count). The minimum absolute atomic E-state index is 0.342. The molecule has 0 aromatic heterocycles. The molecule has 0 saturated carbocycles. The van der Waals surface area contributed by atoms with Crippen LogP contribution in [0.2, 0.25) is 0 Å². The number of amidine groups is 1. The molecule has 0 spiro atoms. The molecule has 5 nitrogen and oxygen atoms in total. The van der Waals surface area contributed by atoms with Crippen LogP contribution >= 0.6 is 23.2 Å². The molecule has 0 atom stereocenters. The van der Waals surface area contributed by atoms with Crippen LogP contribution in [-0.4, -0.2) is 53.4 Å². The molecular formula is C11H19Cl2N3O2. The molecular weight excluding hydrogens is 277 g/mol. The van der Waals surface area contributed by atoms with Crippen molar-refractivity contribution in [2.45, 2.75) is 31.1 Å². The van der Waals surface area contributed by atoms with Gasteiger partial charge in [-0.05, 0) is 20.8 Å². The van der Waals surface area contributed by atoms with E-state index >= 15 is 0 Å². The van der Waals surface area contributed by atoms with E-state index in [1.165, 1.54) is 0 Å². The number of ether oxygens (including phenoxy) is 1. The molecule has 7 heteroatoms. The number of carbonyl (C=O) groups is 1. The van der Waals surface area contributed by atoms with E-state index in [-0.39, 0.29) is 5.54 Å². The van der Waals surface area contributed by atoms with Crippen molar-refractivity contribution in [3.8, 4) is 0 Å². The minimum Gasteiger partial charge on any atom is -0.378 e. The summed E-state index contributed by atoms with van der Waals surface area (Å²) in [5.74, 6) is 0.378. The zero-order chi connectivity index (χ0) is 13.8. The van der Waals surface area contributed by atoms with Crippen LogP contribution in [0.15, 0.2) is 4.99 Å². The van der Waals surface area contributed by atoms with Crippen molar-refractivity contribution in [3.63, 3.8) is 0 Å². The predicted octanol–water partition coefficient (Wildman–Crippen LogP) is 2.03. The van der Waals surface area contributed by atoms with Crippen molar-refractivity contribution < 1.29 is 9.53 Å².